The second-order valence-corrected chi connectivity index (χ2v) is 6.74. The van der Waals surface area contributed by atoms with Crippen LogP contribution in [0.3, 0.4) is 0 Å². The van der Waals surface area contributed by atoms with E-state index in [1.807, 2.05) is 12.1 Å². The van der Waals surface area contributed by atoms with Gasteiger partial charge in [0.1, 0.15) is 0 Å². The average Bonchev–Trinajstić information content (AvgIpc) is 2.66. The molecule has 0 bridgehead atoms. The SMILES string of the molecule is CCC(C)c1ccc(Nc2nc(Nc3ccc(Cl)cc3)ncc2F)cc1N. The highest BCUT2D eigenvalue weighted by atomic mass is 35.5. The number of benzene rings is 2. The number of hydrogen-bond acceptors (Lipinski definition) is 5. The predicted octanol–water partition coefficient (Wildman–Crippen LogP) is 5.85. The summed E-state index contributed by atoms with van der Waals surface area (Å²) in [6, 6.07) is 12.7. The van der Waals surface area contributed by atoms with Crippen molar-refractivity contribution in [3.05, 3.63) is 65.1 Å². The summed E-state index contributed by atoms with van der Waals surface area (Å²) in [6.45, 7) is 4.24. The molecule has 5 nitrogen and oxygen atoms in total. The molecule has 4 N–H and O–H groups in total. The van der Waals surface area contributed by atoms with Gasteiger partial charge in [0, 0.05) is 22.1 Å². The van der Waals surface area contributed by atoms with Gasteiger partial charge in [0.05, 0.1) is 6.20 Å². The molecule has 1 atom stereocenters. The number of nitrogens with one attached hydrogen (secondary N) is 2. The van der Waals surface area contributed by atoms with E-state index in [1.54, 1.807) is 30.3 Å². The number of rotatable bonds is 6. The van der Waals surface area contributed by atoms with Gasteiger partial charge in [-0.1, -0.05) is 31.5 Å². The summed E-state index contributed by atoms with van der Waals surface area (Å²) in [5.41, 5.74) is 9.30. The molecule has 0 aliphatic carbocycles. The summed E-state index contributed by atoms with van der Waals surface area (Å²) in [4.78, 5) is 8.18. The molecule has 3 aromatic rings. The van der Waals surface area contributed by atoms with Crippen LogP contribution in [0.5, 0.6) is 0 Å². The summed E-state index contributed by atoms with van der Waals surface area (Å²) >= 11 is 5.87. The van der Waals surface area contributed by atoms with E-state index in [0.29, 0.717) is 22.3 Å². The van der Waals surface area contributed by atoms with E-state index in [9.17, 15) is 4.39 Å². The zero-order valence-electron chi connectivity index (χ0n) is 15.1. The van der Waals surface area contributed by atoms with E-state index < -0.39 is 5.82 Å². The molecule has 0 radical (unpaired) electrons. The fourth-order valence-corrected chi connectivity index (χ4v) is 2.76. The predicted molar refractivity (Wildman–Crippen MR) is 110 cm³/mol. The summed E-state index contributed by atoms with van der Waals surface area (Å²) < 4.78 is 14.1. The Morgan fingerprint density at radius 3 is 2.48 bits per heavy atom. The molecule has 7 heteroatoms. The van der Waals surface area contributed by atoms with Gasteiger partial charge < -0.3 is 16.4 Å². The molecule has 1 unspecified atom stereocenters. The smallest absolute Gasteiger partial charge is 0.229 e. The first kappa shape index (κ1) is 18.9. The molecule has 1 aromatic heterocycles. The lowest BCUT2D eigenvalue weighted by Crippen LogP contribution is -2.04. The minimum Gasteiger partial charge on any atom is -0.398 e. The van der Waals surface area contributed by atoms with Gasteiger partial charge in [-0.05, 0) is 54.3 Å². The Bertz CT molecular complexity index is 930. The lowest BCUT2D eigenvalue weighted by atomic mass is 9.97. The maximum atomic E-state index is 14.1. The van der Waals surface area contributed by atoms with Crippen molar-refractivity contribution in [2.75, 3.05) is 16.4 Å². The molecule has 2 aromatic carbocycles. The first-order valence-electron chi connectivity index (χ1n) is 8.68. The van der Waals surface area contributed by atoms with Crippen molar-refractivity contribution in [3.63, 3.8) is 0 Å². The van der Waals surface area contributed by atoms with Crippen LogP contribution in [0.2, 0.25) is 5.02 Å². The molecule has 0 saturated heterocycles. The van der Waals surface area contributed by atoms with Crippen LogP contribution in [0.15, 0.2) is 48.7 Å². The molecule has 0 aliphatic heterocycles. The summed E-state index contributed by atoms with van der Waals surface area (Å²) in [5, 5.41) is 6.61. The number of halogens is 2. The molecule has 27 heavy (non-hydrogen) atoms. The van der Waals surface area contributed by atoms with Gasteiger partial charge in [0.25, 0.3) is 0 Å². The first-order chi connectivity index (χ1) is 13.0. The highest BCUT2D eigenvalue weighted by Gasteiger charge is 2.11. The third kappa shape index (κ3) is 4.65. The summed E-state index contributed by atoms with van der Waals surface area (Å²) in [5.74, 6) is 0.147. The van der Waals surface area contributed by atoms with Crippen molar-refractivity contribution in [2.45, 2.75) is 26.2 Å². The fraction of sp³-hybridized carbons (Fsp3) is 0.200. The standard InChI is InChI=1S/C20H21ClFN5/c1-3-12(2)16-9-8-15(10-18(16)23)25-19-17(22)11-24-20(27-19)26-14-6-4-13(21)5-7-14/h4-12H,3,23H2,1-2H3,(H2,24,25,26,27). The number of aromatic nitrogens is 2. The maximum absolute atomic E-state index is 14.1. The topological polar surface area (TPSA) is 75.9 Å². The fourth-order valence-electron chi connectivity index (χ4n) is 2.64. The van der Waals surface area contributed by atoms with E-state index in [0.717, 1.165) is 23.9 Å². The minimum absolute atomic E-state index is 0.0668. The van der Waals surface area contributed by atoms with E-state index in [1.165, 1.54) is 0 Å². The van der Waals surface area contributed by atoms with Gasteiger partial charge >= 0.3 is 0 Å². The lowest BCUT2D eigenvalue weighted by molar-refractivity contribution is 0.619. The molecule has 1 heterocycles. The monoisotopic (exact) mass is 385 g/mol. The Kier molecular flexibility index (Phi) is 5.76. The van der Waals surface area contributed by atoms with E-state index in [2.05, 4.69) is 34.4 Å². The quantitative estimate of drug-likeness (QED) is 0.464. The van der Waals surface area contributed by atoms with Crippen LogP contribution in [0, 0.1) is 5.82 Å². The molecule has 140 valence electrons. The zero-order chi connectivity index (χ0) is 19.4. The largest absolute Gasteiger partial charge is 0.398 e. The molecule has 3 rings (SSSR count). The van der Waals surface area contributed by atoms with Gasteiger partial charge in [-0.25, -0.2) is 9.37 Å². The Hall–Kier alpha value is -2.86. The molecule has 0 amide bonds. The average molecular weight is 386 g/mol. The van der Waals surface area contributed by atoms with Crippen molar-refractivity contribution in [3.8, 4) is 0 Å². The second-order valence-electron chi connectivity index (χ2n) is 6.30. The van der Waals surface area contributed by atoms with Gasteiger partial charge in [-0.2, -0.15) is 4.98 Å². The van der Waals surface area contributed by atoms with Crippen LogP contribution in [-0.4, -0.2) is 9.97 Å². The normalized spacial score (nSPS) is 11.9. The molecule has 0 saturated carbocycles. The van der Waals surface area contributed by atoms with Crippen LogP contribution in [0.1, 0.15) is 31.7 Å². The van der Waals surface area contributed by atoms with Crippen molar-refractivity contribution < 1.29 is 4.39 Å². The van der Waals surface area contributed by atoms with Crippen LogP contribution in [0.25, 0.3) is 0 Å². The lowest BCUT2D eigenvalue weighted by Gasteiger charge is -2.14. The Morgan fingerprint density at radius 2 is 1.81 bits per heavy atom. The number of nitrogens with zero attached hydrogens (tertiary/aromatic N) is 2. The van der Waals surface area contributed by atoms with Gasteiger partial charge in [-0.15, -0.1) is 0 Å². The van der Waals surface area contributed by atoms with Crippen LogP contribution < -0.4 is 16.4 Å². The van der Waals surface area contributed by atoms with E-state index in [4.69, 9.17) is 17.3 Å². The Balaban J connectivity index is 1.80. The number of nitrogen functional groups attached to an aromatic ring is 1. The number of hydrogen-bond donors (Lipinski definition) is 3. The minimum atomic E-state index is -0.554. The molecule has 0 aliphatic rings. The summed E-state index contributed by atoms with van der Waals surface area (Å²) in [7, 11) is 0. The molecular formula is C20H21ClFN5. The third-order valence-electron chi connectivity index (χ3n) is 4.34. The number of nitrogens with two attached hydrogens (primary N) is 1. The Morgan fingerprint density at radius 1 is 1.11 bits per heavy atom. The highest BCUT2D eigenvalue weighted by Crippen LogP contribution is 2.29. The van der Waals surface area contributed by atoms with Crippen molar-refractivity contribution >= 4 is 40.4 Å². The van der Waals surface area contributed by atoms with Crippen LogP contribution in [0.4, 0.5) is 33.2 Å². The van der Waals surface area contributed by atoms with E-state index in [-0.39, 0.29) is 11.8 Å². The summed E-state index contributed by atoms with van der Waals surface area (Å²) in [6.07, 6.45) is 2.11. The maximum Gasteiger partial charge on any atom is 0.229 e. The Labute approximate surface area is 162 Å². The van der Waals surface area contributed by atoms with Gasteiger partial charge in [-0.3, -0.25) is 0 Å². The zero-order valence-corrected chi connectivity index (χ0v) is 15.9. The van der Waals surface area contributed by atoms with Gasteiger partial charge in [0.15, 0.2) is 11.6 Å². The first-order valence-corrected chi connectivity index (χ1v) is 9.05. The van der Waals surface area contributed by atoms with Crippen LogP contribution in [-0.2, 0) is 0 Å². The second kappa shape index (κ2) is 8.22. The number of anilines is 5. The highest BCUT2D eigenvalue weighted by molar-refractivity contribution is 6.30. The van der Waals surface area contributed by atoms with Crippen molar-refractivity contribution in [2.24, 2.45) is 0 Å². The van der Waals surface area contributed by atoms with Gasteiger partial charge in [0.2, 0.25) is 5.95 Å². The molecular weight excluding hydrogens is 365 g/mol. The van der Waals surface area contributed by atoms with E-state index >= 15 is 0 Å². The molecule has 0 spiro atoms. The van der Waals surface area contributed by atoms with Crippen molar-refractivity contribution in [1.29, 1.82) is 0 Å². The van der Waals surface area contributed by atoms with Crippen LogP contribution >= 0.6 is 11.6 Å². The third-order valence-corrected chi connectivity index (χ3v) is 4.59. The molecule has 0 fully saturated rings. The van der Waals surface area contributed by atoms with Crippen molar-refractivity contribution in [1.82, 2.24) is 9.97 Å².